The molecule has 2 rings (SSSR count). The maximum atomic E-state index is 5.55. The molecule has 0 bridgehead atoms. The molecule has 0 aromatic heterocycles. The first-order chi connectivity index (χ1) is 6.92. The number of hydrazone groups is 1. The van der Waals surface area contributed by atoms with E-state index < -0.39 is 0 Å². The van der Waals surface area contributed by atoms with Crippen LogP contribution >= 0.6 is 0 Å². The van der Waals surface area contributed by atoms with E-state index in [1.54, 1.807) is 0 Å². The van der Waals surface area contributed by atoms with Crippen molar-refractivity contribution in [3.8, 4) is 0 Å². The molecule has 0 radical (unpaired) electrons. The van der Waals surface area contributed by atoms with E-state index in [0.29, 0.717) is 0 Å². The van der Waals surface area contributed by atoms with E-state index in [-0.39, 0.29) is 10.8 Å². The quantitative estimate of drug-likeness (QED) is 0.509. The third-order valence-electron chi connectivity index (χ3n) is 3.59. The second kappa shape index (κ2) is 2.84. The third kappa shape index (κ3) is 1.14. The predicted molar refractivity (Wildman–Crippen MR) is 64.1 cm³/mol. The van der Waals surface area contributed by atoms with Crippen LogP contribution in [0.4, 0.5) is 0 Å². The standard InChI is InChI=1S/C13H18N2/c1-12(2)9-7-5-6-8-10(9)13(3,4)11(12)15-14/h5-8H,14H2,1-4H3. The summed E-state index contributed by atoms with van der Waals surface area (Å²) in [5.74, 6) is 5.55. The van der Waals surface area contributed by atoms with Gasteiger partial charge in [-0.2, -0.15) is 5.10 Å². The molecular weight excluding hydrogens is 184 g/mol. The van der Waals surface area contributed by atoms with Crippen LogP contribution in [0.15, 0.2) is 29.4 Å². The van der Waals surface area contributed by atoms with Gasteiger partial charge in [-0.05, 0) is 11.1 Å². The van der Waals surface area contributed by atoms with Gasteiger partial charge in [-0.1, -0.05) is 52.0 Å². The molecule has 0 fully saturated rings. The van der Waals surface area contributed by atoms with Gasteiger partial charge in [0.2, 0.25) is 0 Å². The summed E-state index contributed by atoms with van der Waals surface area (Å²) in [6, 6.07) is 8.51. The number of fused-ring (bicyclic) bond motifs is 1. The maximum Gasteiger partial charge on any atom is 0.0575 e. The van der Waals surface area contributed by atoms with E-state index in [4.69, 9.17) is 5.84 Å². The van der Waals surface area contributed by atoms with Crippen LogP contribution in [0.2, 0.25) is 0 Å². The molecule has 0 spiro atoms. The minimum atomic E-state index is -0.0468. The molecule has 0 saturated carbocycles. The third-order valence-corrected chi connectivity index (χ3v) is 3.59. The number of benzene rings is 1. The Labute approximate surface area is 91.2 Å². The van der Waals surface area contributed by atoms with Crippen LogP contribution in [0.3, 0.4) is 0 Å². The van der Waals surface area contributed by atoms with Gasteiger partial charge in [-0.3, -0.25) is 0 Å². The van der Waals surface area contributed by atoms with E-state index in [9.17, 15) is 0 Å². The van der Waals surface area contributed by atoms with Gasteiger partial charge in [0, 0.05) is 10.8 Å². The first kappa shape index (κ1) is 10.2. The Morgan fingerprint density at radius 2 is 1.33 bits per heavy atom. The molecular formula is C13H18N2. The minimum absolute atomic E-state index is 0.0468. The fourth-order valence-corrected chi connectivity index (χ4v) is 2.93. The van der Waals surface area contributed by atoms with Crippen molar-refractivity contribution in [3.63, 3.8) is 0 Å². The number of hydrogen-bond acceptors (Lipinski definition) is 2. The SMILES string of the molecule is CC1(C)C(=NN)C(C)(C)c2ccccc21. The molecule has 1 aromatic rings. The Kier molecular flexibility index (Phi) is 1.94. The number of nitrogens with zero attached hydrogens (tertiary/aromatic N) is 1. The molecule has 1 aliphatic carbocycles. The zero-order chi connectivity index (χ0) is 11.3. The fourth-order valence-electron chi connectivity index (χ4n) is 2.93. The largest absolute Gasteiger partial charge is 0.323 e. The second-order valence-electron chi connectivity index (χ2n) is 5.27. The molecule has 0 atom stereocenters. The topological polar surface area (TPSA) is 38.4 Å². The van der Waals surface area contributed by atoms with Crippen LogP contribution in [-0.2, 0) is 10.8 Å². The average Bonchev–Trinajstić information content (AvgIpc) is 2.32. The lowest BCUT2D eigenvalue weighted by atomic mass is 9.79. The molecule has 0 aliphatic heterocycles. The first-order valence-electron chi connectivity index (χ1n) is 5.31. The van der Waals surface area contributed by atoms with Crippen LogP contribution in [-0.4, -0.2) is 5.71 Å². The van der Waals surface area contributed by atoms with E-state index >= 15 is 0 Å². The van der Waals surface area contributed by atoms with E-state index in [1.807, 2.05) is 0 Å². The molecule has 2 N–H and O–H groups in total. The smallest absolute Gasteiger partial charge is 0.0575 e. The van der Waals surface area contributed by atoms with Crippen molar-refractivity contribution >= 4 is 5.71 Å². The highest BCUT2D eigenvalue weighted by Crippen LogP contribution is 2.46. The summed E-state index contributed by atoms with van der Waals surface area (Å²) in [7, 11) is 0. The van der Waals surface area contributed by atoms with Gasteiger partial charge in [-0.15, -0.1) is 0 Å². The summed E-state index contributed by atoms with van der Waals surface area (Å²) in [6.07, 6.45) is 0. The van der Waals surface area contributed by atoms with Crippen molar-refractivity contribution in [3.05, 3.63) is 35.4 Å². The monoisotopic (exact) mass is 202 g/mol. The fraction of sp³-hybridized carbons (Fsp3) is 0.462. The summed E-state index contributed by atoms with van der Waals surface area (Å²) in [5.41, 5.74) is 3.67. The lowest BCUT2D eigenvalue weighted by molar-refractivity contribution is 0.675. The minimum Gasteiger partial charge on any atom is -0.323 e. The van der Waals surface area contributed by atoms with E-state index in [2.05, 4.69) is 57.1 Å². The highest BCUT2D eigenvalue weighted by atomic mass is 15.1. The Morgan fingerprint density at radius 3 is 1.67 bits per heavy atom. The van der Waals surface area contributed by atoms with Crippen LogP contribution in [0.1, 0.15) is 38.8 Å². The number of hydrogen-bond donors (Lipinski definition) is 1. The zero-order valence-electron chi connectivity index (χ0n) is 9.83. The first-order valence-corrected chi connectivity index (χ1v) is 5.31. The van der Waals surface area contributed by atoms with Crippen molar-refractivity contribution in [1.29, 1.82) is 0 Å². The molecule has 80 valence electrons. The van der Waals surface area contributed by atoms with E-state index in [0.717, 1.165) is 5.71 Å². The Balaban J connectivity index is 2.77. The molecule has 1 aromatic carbocycles. The molecule has 0 amide bonds. The zero-order valence-corrected chi connectivity index (χ0v) is 9.83. The molecule has 2 nitrogen and oxygen atoms in total. The Morgan fingerprint density at radius 1 is 0.933 bits per heavy atom. The Bertz CT molecular complexity index is 391. The Hall–Kier alpha value is -1.31. The summed E-state index contributed by atoms with van der Waals surface area (Å²) in [5, 5.41) is 4.02. The lowest BCUT2D eigenvalue weighted by Gasteiger charge is -2.25. The normalized spacial score (nSPS) is 21.2. The average molecular weight is 202 g/mol. The van der Waals surface area contributed by atoms with Crippen LogP contribution in [0, 0.1) is 0 Å². The van der Waals surface area contributed by atoms with Crippen molar-refractivity contribution in [2.75, 3.05) is 0 Å². The molecule has 1 aliphatic rings. The molecule has 0 unspecified atom stereocenters. The van der Waals surface area contributed by atoms with E-state index in [1.165, 1.54) is 11.1 Å². The van der Waals surface area contributed by atoms with Gasteiger partial charge in [0.05, 0.1) is 5.71 Å². The molecule has 0 saturated heterocycles. The van der Waals surface area contributed by atoms with Crippen molar-refractivity contribution < 1.29 is 0 Å². The summed E-state index contributed by atoms with van der Waals surface area (Å²) in [6.45, 7) is 8.75. The second-order valence-corrected chi connectivity index (χ2v) is 5.27. The van der Waals surface area contributed by atoms with Gasteiger partial charge in [0.1, 0.15) is 0 Å². The van der Waals surface area contributed by atoms with Crippen molar-refractivity contribution in [1.82, 2.24) is 0 Å². The number of nitrogens with two attached hydrogens (primary N) is 1. The van der Waals surface area contributed by atoms with Crippen molar-refractivity contribution in [2.45, 2.75) is 38.5 Å². The van der Waals surface area contributed by atoms with Gasteiger partial charge in [0.15, 0.2) is 0 Å². The van der Waals surface area contributed by atoms with Gasteiger partial charge in [-0.25, -0.2) is 0 Å². The highest BCUT2D eigenvalue weighted by Gasteiger charge is 2.47. The van der Waals surface area contributed by atoms with Crippen LogP contribution < -0.4 is 5.84 Å². The highest BCUT2D eigenvalue weighted by molar-refractivity contribution is 6.06. The molecule has 2 heteroatoms. The maximum absolute atomic E-state index is 5.55. The summed E-state index contributed by atoms with van der Waals surface area (Å²) >= 11 is 0. The van der Waals surface area contributed by atoms with Crippen molar-refractivity contribution in [2.24, 2.45) is 10.9 Å². The lowest BCUT2D eigenvalue weighted by Crippen LogP contribution is -2.35. The van der Waals surface area contributed by atoms with Gasteiger partial charge >= 0.3 is 0 Å². The van der Waals surface area contributed by atoms with Gasteiger partial charge in [0.25, 0.3) is 0 Å². The molecule has 15 heavy (non-hydrogen) atoms. The number of rotatable bonds is 0. The predicted octanol–water partition coefficient (Wildman–Crippen LogP) is 2.57. The molecule has 0 heterocycles. The van der Waals surface area contributed by atoms with Crippen LogP contribution in [0.25, 0.3) is 0 Å². The van der Waals surface area contributed by atoms with Gasteiger partial charge < -0.3 is 5.84 Å². The summed E-state index contributed by atoms with van der Waals surface area (Å²) < 4.78 is 0. The summed E-state index contributed by atoms with van der Waals surface area (Å²) in [4.78, 5) is 0. The van der Waals surface area contributed by atoms with Crippen LogP contribution in [0.5, 0.6) is 0 Å².